The Morgan fingerprint density at radius 1 is 1.00 bits per heavy atom. The monoisotopic (exact) mass is 154 g/mol. The van der Waals surface area contributed by atoms with Gasteiger partial charge in [-0.05, 0) is 12.8 Å². The zero-order chi connectivity index (χ0) is 7.26. The maximum absolute atomic E-state index is 5.71. The van der Waals surface area contributed by atoms with Gasteiger partial charge < -0.3 is 9.47 Å². The van der Waals surface area contributed by atoms with Crippen LogP contribution in [0.3, 0.4) is 0 Å². The van der Waals surface area contributed by atoms with Crippen molar-refractivity contribution in [1.29, 1.82) is 0 Å². The van der Waals surface area contributed by atoms with Crippen molar-refractivity contribution in [3.8, 4) is 0 Å². The van der Waals surface area contributed by atoms with Crippen LogP contribution in [-0.2, 0) is 9.47 Å². The molecule has 0 aromatic heterocycles. The van der Waals surface area contributed by atoms with E-state index in [-0.39, 0.29) is 0 Å². The summed E-state index contributed by atoms with van der Waals surface area (Å²) in [5.74, 6) is 0.752. The number of rotatable bonds is 0. The Balaban J connectivity index is 1.76. The largest absolute Gasteiger partial charge is 0.375 e. The van der Waals surface area contributed by atoms with Crippen molar-refractivity contribution in [2.75, 3.05) is 6.61 Å². The molecule has 3 rings (SSSR count). The second-order valence-corrected chi connectivity index (χ2v) is 3.96. The van der Waals surface area contributed by atoms with Crippen molar-refractivity contribution in [3.63, 3.8) is 0 Å². The number of hydrogen-bond donors (Lipinski definition) is 0. The molecule has 0 amide bonds. The molecular weight excluding hydrogens is 140 g/mol. The molecule has 0 bridgehead atoms. The van der Waals surface area contributed by atoms with E-state index in [0.717, 1.165) is 12.5 Å². The van der Waals surface area contributed by atoms with Crippen molar-refractivity contribution < 1.29 is 9.47 Å². The molecule has 0 N–H and O–H groups in total. The van der Waals surface area contributed by atoms with Crippen LogP contribution >= 0.6 is 0 Å². The van der Waals surface area contributed by atoms with Crippen LogP contribution in [0.5, 0.6) is 0 Å². The topological polar surface area (TPSA) is 21.8 Å². The Hall–Kier alpha value is -0.0800. The highest BCUT2D eigenvalue weighted by molar-refractivity contribution is 4.98. The molecule has 2 aliphatic heterocycles. The van der Waals surface area contributed by atoms with E-state index >= 15 is 0 Å². The van der Waals surface area contributed by atoms with Crippen LogP contribution in [0.4, 0.5) is 0 Å². The van der Waals surface area contributed by atoms with E-state index in [9.17, 15) is 0 Å². The molecule has 11 heavy (non-hydrogen) atoms. The van der Waals surface area contributed by atoms with E-state index in [1.165, 1.54) is 25.7 Å². The lowest BCUT2D eigenvalue weighted by Gasteiger charge is -2.32. The fourth-order valence-corrected chi connectivity index (χ4v) is 2.59. The second kappa shape index (κ2) is 2.20. The Morgan fingerprint density at radius 3 is 2.91 bits per heavy atom. The van der Waals surface area contributed by atoms with E-state index in [2.05, 4.69) is 0 Å². The molecule has 2 heterocycles. The van der Waals surface area contributed by atoms with Gasteiger partial charge in [0.25, 0.3) is 0 Å². The van der Waals surface area contributed by atoms with Gasteiger partial charge in [-0.1, -0.05) is 12.8 Å². The Labute approximate surface area is 66.9 Å². The van der Waals surface area contributed by atoms with Gasteiger partial charge in [0.2, 0.25) is 0 Å². The zero-order valence-electron chi connectivity index (χ0n) is 6.66. The van der Waals surface area contributed by atoms with Crippen molar-refractivity contribution >= 4 is 0 Å². The minimum atomic E-state index is 0.481. The first-order valence-corrected chi connectivity index (χ1v) is 4.72. The first-order chi connectivity index (χ1) is 5.45. The Morgan fingerprint density at radius 2 is 1.91 bits per heavy atom. The molecule has 1 aliphatic carbocycles. The molecule has 0 radical (unpaired) electrons. The van der Waals surface area contributed by atoms with Gasteiger partial charge in [0, 0.05) is 5.92 Å². The summed E-state index contributed by atoms with van der Waals surface area (Å²) in [6.45, 7) is 0.867. The number of epoxide rings is 1. The van der Waals surface area contributed by atoms with Gasteiger partial charge in [-0.25, -0.2) is 0 Å². The van der Waals surface area contributed by atoms with Crippen LogP contribution in [0, 0.1) is 5.92 Å². The summed E-state index contributed by atoms with van der Waals surface area (Å²) < 4.78 is 11.2. The van der Waals surface area contributed by atoms with Gasteiger partial charge in [-0.15, -0.1) is 0 Å². The predicted octanol–water partition coefficient (Wildman–Crippen LogP) is 1.34. The second-order valence-electron chi connectivity index (χ2n) is 3.96. The summed E-state index contributed by atoms with van der Waals surface area (Å²) in [5, 5.41) is 0. The lowest BCUT2D eigenvalue weighted by Crippen LogP contribution is -2.37. The van der Waals surface area contributed by atoms with E-state index in [4.69, 9.17) is 9.47 Å². The third-order valence-corrected chi connectivity index (χ3v) is 3.27. The highest BCUT2D eigenvalue weighted by Crippen LogP contribution is 2.43. The van der Waals surface area contributed by atoms with Crippen LogP contribution in [0.2, 0.25) is 0 Å². The third kappa shape index (κ3) is 0.926. The fraction of sp³-hybridized carbons (Fsp3) is 1.00. The molecule has 2 heteroatoms. The standard InChI is InChI=1S/C9H14O2/c1-2-4-7-6(3-1)9-8(11-9)5-10-7/h6-9H,1-5H2/t6-,7-,8-,9+/m1/s1. The van der Waals surface area contributed by atoms with Gasteiger partial charge >= 0.3 is 0 Å². The van der Waals surface area contributed by atoms with E-state index < -0.39 is 0 Å². The minimum Gasteiger partial charge on any atom is -0.375 e. The first kappa shape index (κ1) is 6.44. The molecule has 0 unspecified atom stereocenters. The molecule has 62 valence electrons. The van der Waals surface area contributed by atoms with Crippen LogP contribution in [0.1, 0.15) is 25.7 Å². The predicted molar refractivity (Wildman–Crippen MR) is 40.4 cm³/mol. The average molecular weight is 154 g/mol. The molecule has 3 aliphatic rings. The first-order valence-electron chi connectivity index (χ1n) is 4.72. The Bertz CT molecular complexity index is 169. The lowest BCUT2D eigenvalue weighted by molar-refractivity contribution is -0.0305. The van der Waals surface area contributed by atoms with Crippen molar-refractivity contribution in [2.24, 2.45) is 5.92 Å². The highest BCUT2D eigenvalue weighted by atomic mass is 16.6. The maximum atomic E-state index is 5.71. The average Bonchev–Trinajstić information content (AvgIpc) is 2.83. The van der Waals surface area contributed by atoms with Crippen LogP contribution < -0.4 is 0 Å². The summed E-state index contributed by atoms with van der Waals surface area (Å²) in [7, 11) is 0. The number of ether oxygens (including phenoxy) is 2. The summed E-state index contributed by atoms with van der Waals surface area (Å²) in [4.78, 5) is 0. The third-order valence-electron chi connectivity index (χ3n) is 3.27. The fourth-order valence-electron chi connectivity index (χ4n) is 2.59. The van der Waals surface area contributed by atoms with Crippen molar-refractivity contribution in [1.82, 2.24) is 0 Å². The summed E-state index contributed by atoms with van der Waals surface area (Å²) in [5.41, 5.74) is 0. The summed E-state index contributed by atoms with van der Waals surface area (Å²) in [6, 6.07) is 0. The molecule has 2 saturated heterocycles. The van der Waals surface area contributed by atoms with Gasteiger partial charge in [0.1, 0.15) is 6.10 Å². The van der Waals surface area contributed by atoms with Crippen LogP contribution in [-0.4, -0.2) is 24.9 Å². The molecule has 2 nitrogen and oxygen atoms in total. The molecule has 0 aromatic rings. The number of hydrogen-bond acceptors (Lipinski definition) is 2. The molecule has 0 aromatic carbocycles. The summed E-state index contributed by atoms with van der Waals surface area (Å²) >= 11 is 0. The number of fused-ring (bicyclic) bond motifs is 3. The van der Waals surface area contributed by atoms with Gasteiger partial charge in [-0.3, -0.25) is 0 Å². The maximum Gasteiger partial charge on any atom is 0.108 e. The van der Waals surface area contributed by atoms with Gasteiger partial charge in [-0.2, -0.15) is 0 Å². The quantitative estimate of drug-likeness (QED) is 0.491. The van der Waals surface area contributed by atoms with Crippen LogP contribution in [0.15, 0.2) is 0 Å². The molecule has 4 atom stereocenters. The van der Waals surface area contributed by atoms with Crippen molar-refractivity contribution in [3.05, 3.63) is 0 Å². The highest BCUT2D eigenvalue weighted by Gasteiger charge is 2.52. The minimum absolute atomic E-state index is 0.481. The van der Waals surface area contributed by atoms with Gasteiger partial charge in [0.05, 0.1) is 18.8 Å². The molecule has 3 fully saturated rings. The normalized spacial score (nSPS) is 54.5. The van der Waals surface area contributed by atoms with E-state index in [1.54, 1.807) is 0 Å². The molecular formula is C9H14O2. The van der Waals surface area contributed by atoms with Crippen LogP contribution in [0.25, 0.3) is 0 Å². The van der Waals surface area contributed by atoms with E-state index in [0.29, 0.717) is 18.3 Å². The SMILES string of the molecule is C1CC[C@H]2OC[C@H]3O[C@H]3[C@@H]2C1. The zero-order valence-corrected chi connectivity index (χ0v) is 6.66. The van der Waals surface area contributed by atoms with E-state index in [1.807, 2.05) is 0 Å². The molecule has 1 saturated carbocycles. The Kier molecular flexibility index (Phi) is 1.29. The van der Waals surface area contributed by atoms with Crippen molar-refractivity contribution in [2.45, 2.75) is 44.0 Å². The van der Waals surface area contributed by atoms with Gasteiger partial charge in [0.15, 0.2) is 0 Å². The smallest absolute Gasteiger partial charge is 0.108 e. The summed E-state index contributed by atoms with van der Waals surface area (Å²) in [6.07, 6.45) is 6.98. The molecule has 0 spiro atoms. The lowest BCUT2D eigenvalue weighted by atomic mass is 9.82.